The summed E-state index contributed by atoms with van der Waals surface area (Å²) in [4.78, 5) is 2.25. The monoisotopic (exact) mass is 258 g/mol. The maximum Gasteiger partial charge on any atom is 0.0817 e. The Morgan fingerprint density at radius 2 is 1.89 bits per heavy atom. The van der Waals surface area contributed by atoms with E-state index in [2.05, 4.69) is 38.0 Å². The van der Waals surface area contributed by atoms with Crippen molar-refractivity contribution in [2.75, 3.05) is 39.9 Å². The summed E-state index contributed by atoms with van der Waals surface area (Å²) in [6.07, 6.45) is 1.52. The number of ether oxygens (including phenoxy) is 1. The average molecular weight is 258 g/mol. The zero-order valence-electron chi connectivity index (χ0n) is 12.4. The molecule has 0 aromatic heterocycles. The first-order valence-corrected chi connectivity index (χ1v) is 7.13. The summed E-state index contributed by atoms with van der Waals surface area (Å²) >= 11 is 0. The molecule has 1 fully saturated rings. The average Bonchev–Trinajstić information content (AvgIpc) is 2.26. The molecule has 0 spiro atoms. The molecular formula is C14H30N2O2. The Labute approximate surface area is 112 Å². The van der Waals surface area contributed by atoms with Crippen LogP contribution in [0.15, 0.2) is 0 Å². The highest BCUT2D eigenvalue weighted by Crippen LogP contribution is 2.21. The van der Waals surface area contributed by atoms with Gasteiger partial charge in [0.1, 0.15) is 0 Å². The first kappa shape index (κ1) is 15.9. The molecule has 0 saturated carbocycles. The van der Waals surface area contributed by atoms with Crippen molar-refractivity contribution in [3.8, 4) is 0 Å². The summed E-state index contributed by atoms with van der Waals surface area (Å²) in [5.74, 6) is 0.598. The summed E-state index contributed by atoms with van der Waals surface area (Å²) in [5, 5.41) is 13.9. The molecule has 4 heteroatoms. The lowest BCUT2D eigenvalue weighted by molar-refractivity contribution is -0.0778. The molecule has 108 valence electrons. The molecule has 0 aromatic carbocycles. The molecule has 0 radical (unpaired) electrons. The fourth-order valence-electron chi connectivity index (χ4n) is 2.51. The molecule has 1 unspecified atom stereocenters. The highest BCUT2D eigenvalue weighted by Gasteiger charge is 2.31. The van der Waals surface area contributed by atoms with E-state index in [1.807, 2.05) is 0 Å². The van der Waals surface area contributed by atoms with Gasteiger partial charge in [-0.25, -0.2) is 0 Å². The van der Waals surface area contributed by atoms with Crippen molar-refractivity contribution in [2.45, 2.75) is 45.3 Å². The van der Waals surface area contributed by atoms with Crippen LogP contribution in [0.1, 0.15) is 33.6 Å². The second kappa shape index (κ2) is 7.43. The van der Waals surface area contributed by atoms with Gasteiger partial charge >= 0.3 is 0 Å². The third-order valence-electron chi connectivity index (χ3n) is 3.49. The van der Waals surface area contributed by atoms with E-state index in [1.165, 1.54) is 0 Å². The van der Waals surface area contributed by atoms with Gasteiger partial charge in [0, 0.05) is 45.2 Å². The number of nitrogens with one attached hydrogen (secondary N) is 1. The van der Waals surface area contributed by atoms with Gasteiger partial charge in [-0.1, -0.05) is 20.8 Å². The molecule has 0 aromatic rings. The second-order valence-corrected chi connectivity index (χ2v) is 6.20. The molecular weight excluding hydrogens is 228 g/mol. The Morgan fingerprint density at radius 1 is 1.28 bits per heavy atom. The molecule has 1 aliphatic rings. The zero-order chi connectivity index (χ0) is 13.6. The number of hydrogen-bond donors (Lipinski definition) is 2. The van der Waals surface area contributed by atoms with E-state index in [1.54, 1.807) is 0 Å². The van der Waals surface area contributed by atoms with Crippen LogP contribution in [-0.4, -0.2) is 61.5 Å². The van der Waals surface area contributed by atoms with Crippen molar-refractivity contribution < 1.29 is 9.84 Å². The quantitative estimate of drug-likeness (QED) is 0.717. The number of rotatable bonds is 7. The normalized spacial score (nSPS) is 21.5. The molecule has 0 bridgehead atoms. The SMILES string of the molecule is CC(CNC(C)C)CN(C)CC1(O)CCOCC1. The largest absolute Gasteiger partial charge is 0.388 e. The minimum absolute atomic E-state index is 0.539. The standard InChI is InChI=1S/C14H30N2O2/c1-12(2)15-9-13(3)10-16(4)11-14(17)5-7-18-8-6-14/h12-13,15,17H,5-11H2,1-4H3. The van der Waals surface area contributed by atoms with Gasteiger partial charge in [-0.3, -0.25) is 0 Å². The van der Waals surface area contributed by atoms with Gasteiger partial charge in [-0.15, -0.1) is 0 Å². The van der Waals surface area contributed by atoms with Crippen molar-refractivity contribution in [3.05, 3.63) is 0 Å². The molecule has 1 saturated heterocycles. The van der Waals surface area contributed by atoms with E-state index in [4.69, 9.17) is 4.74 Å². The number of hydrogen-bond acceptors (Lipinski definition) is 4. The lowest BCUT2D eigenvalue weighted by Gasteiger charge is -2.36. The number of aliphatic hydroxyl groups is 1. The number of likely N-dealkylation sites (N-methyl/N-ethyl adjacent to an activating group) is 1. The lowest BCUT2D eigenvalue weighted by Crippen LogP contribution is -2.47. The Balaban J connectivity index is 2.25. The van der Waals surface area contributed by atoms with Gasteiger partial charge in [-0.05, 0) is 19.5 Å². The maximum absolute atomic E-state index is 10.4. The Morgan fingerprint density at radius 3 is 2.44 bits per heavy atom. The Bertz CT molecular complexity index is 228. The fraction of sp³-hybridized carbons (Fsp3) is 1.00. The molecule has 0 aliphatic carbocycles. The first-order valence-electron chi connectivity index (χ1n) is 7.13. The van der Waals surface area contributed by atoms with Crippen LogP contribution in [-0.2, 0) is 4.74 Å². The minimum atomic E-state index is -0.543. The van der Waals surface area contributed by atoms with Crippen LogP contribution in [0.4, 0.5) is 0 Å². The molecule has 2 N–H and O–H groups in total. The van der Waals surface area contributed by atoms with Crippen molar-refractivity contribution in [1.29, 1.82) is 0 Å². The maximum atomic E-state index is 10.4. The van der Waals surface area contributed by atoms with Gasteiger partial charge in [0.15, 0.2) is 0 Å². The second-order valence-electron chi connectivity index (χ2n) is 6.20. The predicted octanol–water partition coefficient (Wildman–Crippen LogP) is 1.09. The molecule has 1 heterocycles. The lowest BCUT2D eigenvalue weighted by atomic mass is 9.93. The summed E-state index contributed by atoms with van der Waals surface area (Å²) in [6.45, 7) is 10.8. The third kappa shape index (κ3) is 6.14. The summed E-state index contributed by atoms with van der Waals surface area (Å²) in [5.41, 5.74) is -0.543. The third-order valence-corrected chi connectivity index (χ3v) is 3.49. The van der Waals surface area contributed by atoms with Gasteiger partial charge < -0.3 is 20.1 Å². The topological polar surface area (TPSA) is 44.7 Å². The summed E-state index contributed by atoms with van der Waals surface area (Å²) < 4.78 is 5.30. The summed E-state index contributed by atoms with van der Waals surface area (Å²) in [6, 6.07) is 0.539. The molecule has 0 amide bonds. The molecule has 1 atom stereocenters. The van der Waals surface area contributed by atoms with Crippen molar-refractivity contribution in [3.63, 3.8) is 0 Å². The first-order chi connectivity index (χ1) is 8.41. The van der Waals surface area contributed by atoms with Crippen LogP contribution < -0.4 is 5.32 Å². The smallest absolute Gasteiger partial charge is 0.0817 e. The van der Waals surface area contributed by atoms with E-state index in [-0.39, 0.29) is 0 Å². The predicted molar refractivity (Wildman–Crippen MR) is 74.8 cm³/mol. The van der Waals surface area contributed by atoms with Crippen LogP contribution in [0.25, 0.3) is 0 Å². The molecule has 18 heavy (non-hydrogen) atoms. The van der Waals surface area contributed by atoms with Gasteiger partial charge in [-0.2, -0.15) is 0 Å². The van der Waals surface area contributed by atoms with Crippen molar-refractivity contribution in [2.24, 2.45) is 5.92 Å². The van der Waals surface area contributed by atoms with Crippen molar-refractivity contribution >= 4 is 0 Å². The zero-order valence-corrected chi connectivity index (χ0v) is 12.4. The molecule has 1 aliphatic heterocycles. The minimum Gasteiger partial charge on any atom is -0.388 e. The van der Waals surface area contributed by atoms with Crippen LogP contribution in [0.2, 0.25) is 0 Å². The van der Waals surface area contributed by atoms with E-state index in [0.717, 1.165) is 32.5 Å². The highest BCUT2D eigenvalue weighted by atomic mass is 16.5. The van der Waals surface area contributed by atoms with E-state index < -0.39 is 5.60 Å². The van der Waals surface area contributed by atoms with E-state index >= 15 is 0 Å². The molecule has 4 nitrogen and oxygen atoms in total. The van der Waals surface area contributed by atoms with Gasteiger partial charge in [0.25, 0.3) is 0 Å². The summed E-state index contributed by atoms with van der Waals surface area (Å²) in [7, 11) is 2.10. The van der Waals surface area contributed by atoms with Crippen LogP contribution in [0, 0.1) is 5.92 Å². The fourth-order valence-corrected chi connectivity index (χ4v) is 2.51. The van der Waals surface area contributed by atoms with Crippen LogP contribution in [0.5, 0.6) is 0 Å². The number of nitrogens with zero attached hydrogens (tertiary/aromatic N) is 1. The van der Waals surface area contributed by atoms with Crippen LogP contribution in [0.3, 0.4) is 0 Å². The molecule has 1 rings (SSSR count). The Hall–Kier alpha value is -0.160. The van der Waals surface area contributed by atoms with E-state index in [0.29, 0.717) is 25.2 Å². The highest BCUT2D eigenvalue weighted by molar-refractivity contribution is 4.84. The van der Waals surface area contributed by atoms with Gasteiger partial charge in [0.2, 0.25) is 0 Å². The Kier molecular flexibility index (Phi) is 6.57. The van der Waals surface area contributed by atoms with E-state index in [9.17, 15) is 5.11 Å². The van der Waals surface area contributed by atoms with Gasteiger partial charge in [0.05, 0.1) is 5.60 Å². The van der Waals surface area contributed by atoms with Crippen LogP contribution >= 0.6 is 0 Å². The van der Waals surface area contributed by atoms with Crippen molar-refractivity contribution in [1.82, 2.24) is 10.2 Å².